The van der Waals surface area contributed by atoms with Gasteiger partial charge in [-0.05, 0) is 6.07 Å². The summed E-state index contributed by atoms with van der Waals surface area (Å²) < 4.78 is 4.57. The number of ketones is 1. The Labute approximate surface area is 119 Å². The fourth-order valence-electron chi connectivity index (χ4n) is 1.99. The summed E-state index contributed by atoms with van der Waals surface area (Å²) >= 11 is 0. The number of non-ortho nitro benzene ring substituents is 1. The summed E-state index contributed by atoms with van der Waals surface area (Å²) in [5.41, 5.74) is 0.474. The van der Waals surface area contributed by atoms with Crippen LogP contribution in [-0.2, 0) is 9.53 Å². The molecule has 1 N–H and O–H groups in total. The van der Waals surface area contributed by atoms with E-state index in [0.29, 0.717) is 10.9 Å². The Morgan fingerprint density at radius 3 is 2.81 bits per heavy atom. The Morgan fingerprint density at radius 2 is 2.19 bits per heavy atom. The second-order valence-electron chi connectivity index (χ2n) is 4.61. The van der Waals surface area contributed by atoms with Crippen LogP contribution in [0, 0.1) is 16.0 Å². The number of methoxy groups -OCH3 is 1. The van der Waals surface area contributed by atoms with E-state index in [4.69, 9.17) is 0 Å². The molecular weight excluding hydrogens is 278 g/mol. The van der Waals surface area contributed by atoms with E-state index in [9.17, 15) is 19.7 Å². The van der Waals surface area contributed by atoms with Gasteiger partial charge in [-0.3, -0.25) is 24.8 Å². The third-order valence-electron chi connectivity index (χ3n) is 3.12. The number of carbonyl (C=O) groups is 2. The van der Waals surface area contributed by atoms with Crippen LogP contribution in [0.5, 0.6) is 0 Å². The summed E-state index contributed by atoms with van der Waals surface area (Å²) in [6.45, 7) is 1.59. The molecule has 0 aliphatic heterocycles. The van der Waals surface area contributed by atoms with Crippen molar-refractivity contribution in [2.24, 2.45) is 5.92 Å². The first-order valence-corrected chi connectivity index (χ1v) is 6.17. The number of nitrogens with zero attached hydrogens (tertiary/aromatic N) is 2. The zero-order valence-corrected chi connectivity index (χ0v) is 11.5. The normalized spacial score (nSPS) is 12.1. The molecule has 2 rings (SSSR count). The first-order chi connectivity index (χ1) is 9.93. The minimum absolute atomic E-state index is 0.0381. The van der Waals surface area contributed by atoms with Crippen molar-refractivity contribution < 1.29 is 19.2 Å². The number of H-pyrrole nitrogens is 1. The molecule has 0 aliphatic carbocycles. The van der Waals surface area contributed by atoms with Crippen LogP contribution in [0.4, 0.5) is 5.69 Å². The number of nitro groups is 1. The summed E-state index contributed by atoms with van der Waals surface area (Å²) in [5.74, 6) is -1.38. The summed E-state index contributed by atoms with van der Waals surface area (Å²) in [4.78, 5) is 33.6. The highest BCUT2D eigenvalue weighted by atomic mass is 16.6. The number of benzene rings is 1. The van der Waals surface area contributed by atoms with Crippen molar-refractivity contribution in [2.45, 2.75) is 13.3 Å². The average Bonchev–Trinajstić information content (AvgIpc) is 2.89. The van der Waals surface area contributed by atoms with Crippen molar-refractivity contribution in [1.29, 1.82) is 0 Å². The number of esters is 1. The third kappa shape index (κ3) is 2.88. The van der Waals surface area contributed by atoms with Crippen molar-refractivity contribution in [3.05, 3.63) is 34.0 Å². The minimum atomic E-state index is -0.577. The highest BCUT2D eigenvalue weighted by Crippen LogP contribution is 2.23. The van der Waals surface area contributed by atoms with Crippen LogP contribution in [0.3, 0.4) is 0 Å². The second-order valence-corrected chi connectivity index (χ2v) is 4.61. The van der Waals surface area contributed by atoms with E-state index in [-0.39, 0.29) is 23.6 Å². The average molecular weight is 291 g/mol. The summed E-state index contributed by atoms with van der Waals surface area (Å²) in [7, 11) is 1.26. The zero-order valence-electron chi connectivity index (χ0n) is 11.5. The SMILES string of the molecule is COC(=O)[C@H](C)CC(=O)c1n[nH]c2cc([N+](=O)[O-])ccc12. The van der Waals surface area contributed by atoms with Gasteiger partial charge in [0, 0.05) is 23.9 Å². The van der Waals surface area contributed by atoms with E-state index < -0.39 is 16.8 Å². The lowest BCUT2D eigenvalue weighted by molar-refractivity contribution is -0.384. The Balaban J connectivity index is 2.28. The highest BCUT2D eigenvalue weighted by molar-refractivity contribution is 6.07. The Bertz CT molecular complexity index is 722. The van der Waals surface area contributed by atoms with Crippen LogP contribution in [0.2, 0.25) is 0 Å². The van der Waals surface area contributed by atoms with Crippen LogP contribution in [0.1, 0.15) is 23.8 Å². The monoisotopic (exact) mass is 291 g/mol. The van der Waals surface area contributed by atoms with Crippen molar-refractivity contribution in [3.63, 3.8) is 0 Å². The Morgan fingerprint density at radius 1 is 1.48 bits per heavy atom. The number of carbonyl (C=O) groups excluding carboxylic acids is 2. The van der Waals surface area contributed by atoms with Gasteiger partial charge >= 0.3 is 5.97 Å². The molecule has 0 unspecified atom stereocenters. The number of hydrogen-bond acceptors (Lipinski definition) is 6. The molecule has 0 saturated carbocycles. The van der Waals surface area contributed by atoms with E-state index in [1.807, 2.05) is 0 Å². The molecule has 1 heterocycles. The predicted molar refractivity (Wildman–Crippen MR) is 72.9 cm³/mol. The Hall–Kier alpha value is -2.77. The lowest BCUT2D eigenvalue weighted by Crippen LogP contribution is -2.17. The number of Topliss-reactive ketones (excluding diaryl/α,β-unsaturated/α-hetero) is 1. The van der Waals surface area contributed by atoms with Gasteiger partial charge in [-0.1, -0.05) is 6.92 Å². The highest BCUT2D eigenvalue weighted by Gasteiger charge is 2.22. The number of aromatic amines is 1. The maximum atomic E-state index is 12.1. The topological polar surface area (TPSA) is 115 Å². The van der Waals surface area contributed by atoms with Gasteiger partial charge in [-0.15, -0.1) is 0 Å². The molecule has 21 heavy (non-hydrogen) atoms. The van der Waals surface area contributed by atoms with E-state index in [1.54, 1.807) is 6.92 Å². The quantitative estimate of drug-likeness (QED) is 0.389. The fourth-order valence-corrected chi connectivity index (χ4v) is 1.99. The second kappa shape index (κ2) is 5.70. The molecule has 8 heteroatoms. The molecule has 0 amide bonds. The zero-order chi connectivity index (χ0) is 15.6. The van der Waals surface area contributed by atoms with Crippen LogP contribution < -0.4 is 0 Å². The molecule has 8 nitrogen and oxygen atoms in total. The van der Waals surface area contributed by atoms with Gasteiger partial charge in [0.15, 0.2) is 5.78 Å². The standard InChI is InChI=1S/C13H13N3O5/c1-7(13(18)21-2)5-11(17)12-9-4-3-8(16(19)20)6-10(9)14-15-12/h3-4,6-7H,5H2,1-2H3,(H,14,15)/t7-/m1/s1. The number of nitrogens with one attached hydrogen (secondary N) is 1. The molecule has 0 bridgehead atoms. The molecule has 1 atom stereocenters. The van der Waals surface area contributed by atoms with Crippen LogP contribution in [-0.4, -0.2) is 34.0 Å². The minimum Gasteiger partial charge on any atom is -0.469 e. The molecule has 0 spiro atoms. The van der Waals surface area contributed by atoms with Crippen LogP contribution in [0.25, 0.3) is 10.9 Å². The van der Waals surface area contributed by atoms with Crippen LogP contribution in [0.15, 0.2) is 18.2 Å². The molecule has 0 aliphatic rings. The van der Waals surface area contributed by atoms with Gasteiger partial charge in [0.05, 0.1) is 23.5 Å². The summed E-state index contributed by atoms with van der Waals surface area (Å²) in [5, 5.41) is 17.7. The lowest BCUT2D eigenvalue weighted by Gasteiger charge is -2.06. The first kappa shape index (κ1) is 14.6. The number of rotatable bonds is 5. The first-order valence-electron chi connectivity index (χ1n) is 6.17. The van der Waals surface area contributed by atoms with Gasteiger partial charge in [0.25, 0.3) is 5.69 Å². The maximum Gasteiger partial charge on any atom is 0.308 e. The molecule has 0 fully saturated rings. The molecule has 0 radical (unpaired) electrons. The van der Waals surface area contributed by atoms with Crippen LogP contribution >= 0.6 is 0 Å². The third-order valence-corrected chi connectivity index (χ3v) is 3.12. The number of ether oxygens (including phenoxy) is 1. The van der Waals surface area contributed by atoms with Crippen molar-refractivity contribution in [1.82, 2.24) is 10.2 Å². The fraction of sp³-hybridized carbons (Fsp3) is 0.308. The van der Waals surface area contributed by atoms with E-state index >= 15 is 0 Å². The number of aromatic nitrogens is 2. The van der Waals surface area contributed by atoms with Crippen molar-refractivity contribution >= 4 is 28.3 Å². The van der Waals surface area contributed by atoms with Gasteiger partial charge in [-0.25, -0.2) is 0 Å². The molecule has 2 aromatic rings. The van der Waals surface area contributed by atoms with Gasteiger partial charge in [0.1, 0.15) is 5.69 Å². The predicted octanol–water partition coefficient (Wildman–Crippen LogP) is 1.85. The molecular formula is C13H13N3O5. The van der Waals surface area contributed by atoms with Gasteiger partial charge in [-0.2, -0.15) is 5.10 Å². The lowest BCUT2D eigenvalue weighted by atomic mass is 10.0. The summed E-state index contributed by atoms with van der Waals surface area (Å²) in [6, 6.07) is 4.08. The maximum absolute atomic E-state index is 12.1. The van der Waals surface area contributed by atoms with Crippen molar-refractivity contribution in [3.8, 4) is 0 Å². The smallest absolute Gasteiger partial charge is 0.308 e. The molecule has 110 valence electrons. The number of nitro benzene ring substituents is 1. The van der Waals surface area contributed by atoms with Gasteiger partial charge < -0.3 is 4.74 Å². The molecule has 0 saturated heterocycles. The molecule has 1 aromatic heterocycles. The van der Waals surface area contributed by atoms with Crippen molar-refractivity contribution in [2.75, 3.05) is 7.11 Å². The Kier molecular flexibility index (Phi) is 3.97. The number of hydrogen-bond donors (Lipinski definition) is 1. The molecule has 1 aromatic carbocycles. The van der Waals surface area contributed by atoms with Gasteiger partial charge in [0.2, 0.25) is 0 Å². The van der Waals surface area contributed by atoms with E-state index in [2.05, 4.69) is 14.9 Å². The largest absolute Gasteiger partial charge is 0.469 e. The van der Waals surface area contributed by atoms with E-state index in [0.717, 1.165) is 0 Å². The summed E-state index contributed by atoms with van der Waals surface area (Å²) in [6.07, 6.45) is -0.0381. The van der Waals surface area contributed by atoms with E-state index in [1.165, 1.54) is 25.3 Å². The number of fused-ring (bicyclic) bond motifs is 1.